The molecule has 108 valence electrons. The molecule has 0 aliphatic carbocycles. The van der Waals surface area contributed by atoms with E-state index in [2.05, 4.69) is 4.98 Å². The van der Waals surface area contributed by atoms with Crippen LogP contribution in [0.15, 0.2) is 17.2 Å². The molecule has 0 spiro atoms. The minimum absolute atomic E-state index is 0.154. The maximum Gasteiger partial charge on any atom is 0.320 e. The van der Waals surface area contributed by atoms with E-state index in [1.807, 2.05) is 0 Å². The van der Waals surface area contributed by atoms with Gasteiger partial charge < -0.3 is 5.73 Å². The van der Waals surface area contributed by atoms with Crippen LogP contribution in [0.3, 0.4) is 0 Å². The van der Waals surface area contributed by atoms with Gasteiger partial charge in [-0.3, -0.25) is 0 Å². The Hall–Kier alpha value is -1.13. The third kappa shape index (κ3) is 3.91. The van der Waals surface area contributed by atoms with Crippen molar-refractivity contribution >= 4 is 27.4 Å². The predicted molar refractivity (Wildman–Crippen MR) is 59.8 cm³/mol. The van der Waals surface area contributed by atoms with Crippen molar-refractivity contribution in [1.29, 1.82) is 0 Å². The summed E-state index contributed by atoms with van der Waals surface area (Å²) in [5.41, 5.74) is 5.24. The first-order chi connectivity index (χ1) is 8.56. The average molecular weight is 322 g/mol. The normalized spacial score (nSPS) is 12.9. The number of pyridine rings is 1. The molecule has 5 nitrogen and oxygen atoms in total. The minimum atomic E-state index is -4.47. The van der Waals surface area contributed by atoms with Crippen molar-refractivity contribution in [3.8, 4) is 0 Å². The molecule has 0 saturated carbocycles. The molecule has 0 bridgehead atoms. The molecule has 0 saturated heterocycles. The van der Waals surface area contributed by atoms with Gasteiger partial charge in [-0.15, -0.1) is 0 Å². The fourth-order valence-electron chi connectivity index (χ4n) is 0.930. The van der Waals surface area contributed by atoms with Crippen molar-refractivity contribution in [3.05, 3.63) is 17.3 Å². The fourth-order valence-corrected chi connectivity index (χ4v) is 2.17. The van der Waals surface area contributed by atoms with Gasteiger partial charge in [0.05, 0.1) is 11.6 Å². The molecule has 0 aliphatic rings. The van der Waals surface area contributed by atoms with Crippen LogP contribution in [0.1, 0.15) is 0 Å². The highest BCUT2D eigenvalue weighted by Gasteiger charge is 2.41. The Kier molecular flexibility index (Phi) is 4.59. The van der Waals surface area contributed by atoms with Gasteiger partial charge in [0.1, 0.15) is 10.7 Å². The molecule has 11 heteroatoms. The highest BCUT2D eigenvalue weighted by atomic mass is 35.5. The molecule has 1 rings (SSSR count). The Bertz CT molecular complexity index is 567. The number of rotatable bonds is 5. The van der Waals surface area contributed by atoms with Gasteiger partial charge in [0, 0.05) is 6.20 Å². The third-order valence-corrected chi connectivity index (χ3v) is 3.64. The topological polar surface area (TPSA) is 85.1 Å². The Morgan fingerprint density at radius 3 is 2.53 bits per heavy atom. The number of hydrogen-bond donors (Lipinski definition) is 2. The molecule has 0 fully saturated rings. The number of halogens is 5. The van der Waals surface area contributed by atoms with Gasteiger partial charge in [-0.1, -0.05) is 11.6 Å². The molecule has 19 heavy (non-hydrogen) atoms. The first kappa shape index (κ1) is 15.9. The van der Waals surface area contributed by atoms with Gasteiger partial charge in [0.15, 0.2) is 0 Å². The molecule has 1 heterocycles. The summed E-state index contributed by atoms with van der Waals surface area (Å²) in [6.45, 7) is -1.74. The van der Waals surface area contributed by atoms with Crippen LogP contribution in [0.4, 0.5) is 23.4 Å². The third-order valence-electron chi connectivity index (χ3n) is 1.97. The van der Waals surface area contributed by atoms with E-state index >= 15 is 0 Å². The van der Waals surface area contributed by atoms with Crippen molar-refractivity contribution in [2.24, 2.45) is 0 Å². The molecule has 0 aliphatic heterocycles. The lowest BCUT2D eigenvalue weighted by Gasteiger charge is -2.15. The van der Waals surface area contributed by atoms with Gasteiger partial charge in [0.25, 0.3) is 0 Å². The van der Waals surface area contributed by atoms with Crippen LogP contribution < -0.4 is 10.5 Å². The molecular weight excluding hydrogens is 314 g/mol. The van der Waals surface area contributed by atoms with Crippen LogP contribution >= 0.6 is 11.6 Å². The van der Waals surface area contributed by atoms with Crippen molar-refractivity contribution in [3.63, 3.8) is 0 Å². The number of aromatic nitrogens is 1. The summed E-state index contributed by atoms with van der Waals surface area (Å²) < 4.78 is 73.4. The lowest BCUT2D eigenvalue weighted by Crippen LogP contribution is -2.41. The second kappa shape index (κ2) is 5.47. The Balaban J connectivity index is 2.90. The molecular formula is C8H8ClF4N3O2S. The van der Waals surface area contributed by atoms with Crippen LogP contribution in [-0.2, 0) is 10.0 Å². The van der Waals surface area contributed by atoms with Gasteiger partial charge >= 0.3 is 12.3 Å². The number of nitrogens with zero attached hydrogens (tertiary/aromatic N) is 1. The molecule has 1 aromatic heterocycles. The second-order valence-corrected chi connectivity index (χ2v) is 5.60. The molecule has 0 amide bonds. The highest BCUT2D eigenvalue weighted by molar-refractivity contribution is 7.89. The molecule has 0 unspecified atom stereocenters. The van der Waals surface area contributed by atoms with Gasteiger partial charge in [-0.25, -0.2) is 26.9 Å². The van der Waals surface area contributed by atoms with Gasteiger partial charge in [-0.05, 0) is 6.07 Å². The zero-order chi connectivity index (χ0) is 14.8. The van der Waals surface area contributed by atoms with Crippen LogP contribution in [0.5, 0.6) is 0 Å². The molecule has 0 atom stereocenters. The summed E-state index contributed by atoms with van der Waals surface area (Å²) in [4.78, 5) is 2.86. The zero-order valence-electron chi connectivity index (χ0n) is 9.08. The summed E-state index contributed by atoms with van der Waals surface area (Å²) in [5.74, 6) is -4.63. The first-order valence-electron chi connectivity index (χ1n) is 4.63. The molecule has 1 aromatic rings. The van der Waals surface area contributed by atoms with Crippen molar-refractivity contribution in [2.75, 3.05) is 12.3 Å². The van der Waals surface area contributed by atoms with E-state index in [0.29, 0.717) is 0 Å². The molecule has 0 radical (unpaired) electrons. The summed E-state index contributed by atoms with van der Waals surface area (Å²) in [7, 11) is -4.43. The smallest absolute Gasteiger partial charge is 0.320 e. The largest absolute Gasteiger partial charge is 0.382 e. The Morgan fingerprint density at radius 1 is 1.47 bits per heavy atom. The number of anilines is 1. The SMILES string of the molecule is Nc1ncc(S(=O)(=O)NCC(F)(F)C(F)F)cc1Cl. The lowest BCUT2D eigenvalue weighted by atomic mass is 10.4. The number of nitrogens with one attached hydrogen (secondary N) is 1. The average Bonchev–Trinajstić information content (AvgIpc) is 2.30. The molecule has 0 aromatic carbocycles. The van der Waals surface area contributed by atoms with Crippen LogP contribution in [0.2, 0.25) is 5.02 Å². The van der Waals surface area contributed by atoms with E-state index in [1.54, 1.807) is 0 Å². The molecule has 3 N–H and O–H groups in total. The lowest BCUT2D eigenvalue weighted by molar-refractivity contribution is -0.122. The summed E-state index contributed by atoms with van der Waals surface area (Å²) >= 11 is 5.51. The second-order valence-electron chi connectivity index (χ2n) is 3.42. The van der Waals surface area contributed by atoms with E-state index in [1.165, 1.54) is 4.72 Å². The summed E-state index contributed by atoms with van der Waals surface area (Å²) in [6, 6.07) is 0.868. The number of nitrogen functional groups attached to an aromatic ring is 1. The van der Waals surface area contributed by atoms with Gasteiger partial charge in [0.2, 0.25) is 10.0 Å². The Labute approximate surface area is 110 Å². The maximum absolute atomic E-state index is 12.6. The quantitative estimate of drug-likeness (QED) is 0.805. The Morgan fingerprint density at radius 2 is 2.05 bits per heavy atom. The number of sulfonamides is 1. The highest BCUT2D eigenvalue weighted by Crippen LogP contribution is 2.23. The zero-order valence-corrected chi connectivity index (χ0v) is 10.7. The van der Waals surface area contributed by atoms with Crippen LogP contribution in [0, 0.1) is 0 Å². The standard InChI is InChI=1S/C8H8ClF4N3O2S/c9-5-1-4(2-15-6(5)14)19(17,18)16-3-8(12,13)7(10)11/h1-2,7,16H,3H2,(H2,14,15). The summed E-state index contributed by atoms with van der Waals surface area (Å²) in [6.07, 6.45) is -3.22. The minimum Gasteiger partial charge on any atom is -0.382 e. The van der Waals surface area contributed by atoms with E-state index in [0.717, 1.165) is 12.3 Å². The fraction of sp³-hybridized carbons (Fsp3) is 0.375. The van der Waals surface area contributed by atoms with Crippen LogP contribution in [-0.4, -0.2) is 32.3 Å². The van der Waals surface area contributed by atoms with E-state index in [-0.39, 0.29) is 10.8 Å². The number of nitrogens with two attached hydrogens (primary N) is 1. The number of hydrogen-bond acceptors (Lipinski definition) is 4. The van der Waals surface area contributed by atoms with E-state index < -0.39 is 33.8 Å². The first-order valence-corrected chi connectivity index (χ1v) is 6.49. The van der Waals surface area contributed by atoms with E-state index in [4.69, 9.17) is 17.3 Å². The van der Waals surface area contributed by atoms with Crippen molar-refractivity contribution in [2.45, 2.75) is 17.2 Å². The van der Waals surface area contributed by atoms with Crippen molar-refractivity contribution < 1.29 is 26.0 Å². The number of alkyl halides is 4. The van der Waals surface area contributed by atoms with Gasteiger partial charge in [-0.2, -0.15) is 8.78 Å². The maximum atomic E-state index is 12.6. The van der Waals surface area contributed by atoms with E-state index in [9.17, 15) is 26.0 Å². The predicted octanol–water partition coefficient (Wildman–Crippen LogP) is 1.50. The monoisotopic (exact) mass is 321 g/mol. The van der Waals surface area contributed by atoms with Crippen molar-refractivity contribution in [1.82, 2.24) is 9.71 Å². The summed E-state index contributed by atoms with van der Waals surface area (Å²) in [5, 5.41) is -0.205. The van der Waals surface area contributed by atoms with Crippen LogP contribution in [0.25, 0.3) is 0 Å².